The standard InChI is InChI=1S/C20H15N3O4/c24-18-17(20(26)27)22-15(23-19(18)25)10-13-12-8-4-5-9-14(12)21-16(13)11-6-2-1-3-7-11/h1-9,21,24H,10H2,(H,26,27)(H,22,23,25)/p-1. The topological polar surface area (TPSA) is 122 Å². The molecule has 0 aliphatic heterocycles. The highest BCUT2D eigenvalue weighted by Gasteiger charge is 2.16. The maximum Gasteiger partial charge on any atom is 0.354 e. The molecule has 0 saturated heterocycles. The number of carboxylic acids is 1. The van der Waals surface area contributed by atoms with Gasteiger partial charge in [0.1, 0.15) is 11.5 Å². The van der Waals surface area contributed by atoms with Crippen LogP contribution in [-0.4, -0.2) is 26.0 Å². The van der Waals surface area contributed by atoms with E-state index in [4.69, 9.17) is 5.11 Å². The molecule has 0 aliphatic carbocycles. The van der Waals surface area contributed by atoms with Crippen LogP contribution in [0.1, 0.15) is 21.9 Å². The fourth-order valence-corrected chi connectivity index (χ4v) is 3.14. The molecule has 0 atom stereocenters. The number of rotatable bonds is 4. The summed E-state index contributed by atoms with van der Waals surface area (Å²) in [4.78, 5) is 32.7. The third kappa shape index (κ3) is 2.95. The lowest BCUT2D eigenvalue weighted by Crippen LogP contribution is -2.22. The molecule has 0 bridgehead atoms. The summed E-state index contributed by atoms with van der Waals surface area (Å²) in [5.41, 5.74) is 1.81. The van der Waals surface area contributed by atoms with Crippen molar-refractivity contribution >= 4 is 16.9 Å². The van der Waals surface area contributed by atoms with Crippen LogP contribution in [0.2, 0.25) is 0 Å². The van der Waals surface area contributed by atoms with Gasteiger partial charge in [0, 0.05) is 17.3 Å². The van der Waals surface area contributed by atoms with Crippen molar-refractivity contribution in [3.63, 3.8) is 0 Å². The first kappa shape index (κ1) is 16.6. The van der Waals surface area contributed by atoms with Gasteiger partial charge in [0.05, 0.1) is 5.69 Å². The van der Waals surface area contributed by atoms with E-state index < -0.39 is 23.0 Å². The molecule has 7 heteroatoms. The summed E-state index contributed by atoms with van der Waals surface area (Å²) in [7, 11) is 0. The van der Waals surface area contributed by atoms with E-state index in [2.05, 4.69) is 15.0 Å². The molecule has 2 aromatic heterocycles. The van der Waals surface area contributed by atoms with Crippen LogP contribution < -0.4 is 10.7 Å². The van der Waals surface area contributed by atoms with Crippen LogP contribution in [0.4, 0.5) is 0 Å². The van der Waals surface area contributed by atoms with Crippen LogP contribution in [0.15, 0.2) is 59.4 Å². The molecule has 4 aromatic rings. The highest BCUT2D eigenvalue weighted by molar-refractivity contribution is 5.91. The summed E-state index contributed by atoms with van der Waals surface area (Å²) in [6, 6.07) is 17.3. The van der Waals surface area contributed by atoms with E-state index in [1.165, 1.54) is 0 Å². The summed E-state index contributed by atoms with van der Waals surface area (Å²) in [6.07, 6.45) is 0.171. The zero-order chi connectivity index (χ0) is 19.0. The third-order valence-electron chi connectivity index (χ3n) is 4.35. The predicted molar refractivity (Wildman–Crippen MR) is 97.8 cm³/mol. The van der Waals surface area contributed by atoms with Crippen molar-refractivity contribution in [1.82, 2.24) is 15.0 Å². The van der Waals surface area contributed by atoms with Crippen molar-refractivity contribution in [2.75, 3.05) is 0 Å². The molecule has 0 amide bonds. The number of aromatic nitrogens is 3. The number of aromatic amines is 2. The van der Waals surface area contributed by atoms with Gasteiger partial charge in [0.2, 0.25) is 5.56 Å². The van der Waals surface area contributed by atoms with Crippen molar-refractivity contribution in [2.24, 2.45) is 0 Å². The molecule has 0 fully saturated rings. The Kier molecular flexibility index (Phi) is 3.97. The van der Waals surface area contributed by atoms with Crippen LogP contribution in [0.3, 0.4) is 0 Å². The molecule has 4 rings (SSSR count). The molecule has 0 saturated carbocycles. The number of carboxylic acid groups (broad SMARTS) is 1. The Morgan fingerprint density at radius 2 is 1.74 bits per heavy atom. The third-order valence-corrected chi connectivity index (χ3v) is 4.35. The molecule has 2 aromatic carbocycles. The van der Waals surface area contributed by atoms with E-state index >= 15 is 0 Å². The number of aromatic carboxylic acids is 1. The average Bonchev–Trinajstić information content (AvgIpc) is 3.03. The van der Waals surface area contributed by atoms with Crippen molar-refractivity contribution in [2.45, 2.75) is 6.42 Å². The van der Waals surface area contributed by atoms with Crippen LogP contribution in [0.5, 0.6) is 5.75 Å². The molecule has 0 radical (unpaired) electrons. The number of H-pyrrole nitrogens is 2. The Balaban J connectivity index is 1.90. The first-order valence-electron chi connectivity index (χ1n) is 8.23. The summed E-state index contributed by atoms with van der Waals surface area (Å²) >= 11 is 0. The predicted octanol–water partition coefficient (Wildman–Crippen LogP) is 2.28. The zero-order valence-corrected chi connectivity index (χ0v) is 14.0. The number of carbonyl (C=O) groups is 1. The van der Waals surface area contributed by atoms with Crippen LogP contribution >= 0.6 is 0 Å². The van der Waals surface area contributed by atoms with E-state index in [1.54, 1.807) is 0 Å². The Hall–Kier alpha value is -3.87. The molecule has 134 valence electrons. The maximum absolute atomic E-state index is 11.8. The minimum absolute atomic E-state index is 0.124. The molecule has 0 unspecified atom stereocenters. The maximum atomic E-state index is 11.8. The van der Waals surface area contributed by atoms with Gasteiger partial charge in [-0.3, -0.25) is 4.79 Å². The molecule has 27 heavy (non-hydrogen) atoms. The van der Waals surface area contributed by atoms with Gasteiger partial charge in [-0.25, -0.2) is 9.78 Å². The molecule has 3 N–H and O–H groups in total. The largest absolute Gasteiger partial charge is 0.867 e. The number of hydrogen-bond donors (Lipinski definition) is 3. The Morgan fingerprint density at radius 3 is 2.48 bits per heavy atom. The van der Waals surface area contributed by atoms with E-state index in [9.17, 15) is 14.7 Å². The lowest BCUT2D eigenvalue weighted by Gasteiger charge is -2.10. The van der Waals surface area contributed by atoms with Gasteiger partial charge in [-0.05, 0) is 22.9 Å². The highest BCUT2D eigenvalue weighted by atomic mass is 16.4. The number of hydrogen-bond acceptors (Lipinski definition) is 4. The lowest BCUT2D eigenvalue weighted by molar-refractivity contribution is -0.271. The van der Waals surface area contributed by atoms with Gasteiger partial charge in [0.25, 0.3) is 0 Å². The van der Waals surface area contributed by atoms with Crippen molar-refractivity contribution in [3.8, 4) is 17.0 Å². The summed E-state index contributed by atoms with van der Waals surface area (Å²) in [6.45, 7) is 0. The molecular weight excluding hydrogens is 346 g/mol. The minimum Gasteiger partial charge on any atom is -0.867 e. The van der Waals surface area contributed by atoms with Gasteiger partial charge >= 0.3 is 5.97 Å². The Bertz CT molecular complexity index is 1210. The van der Waals surface area contributed by atoms with Gasteiger partial charge in [-0.2, -0.15) is 0 Å². The second-order valence-corrected chi connectivity index (χ2v) is 6.06. The number of para-hydroxylation sites is 1. The number of fused-ring (bicyclic) bond motifs is 1. The van der Waals surface area contributed by atoms with Gasteiger partial charge in [0.15, 0.2) is 0 Å². The quantitative estimate of drug-likeness (QED) is 0.515. The van der Waals surface area contributed by atoms with Crippen LogP contribution in [-0.2, 0) is 6.42 Å². The highest BCUT2D eigenvalue weighted by Crippen LogP contribution is 2.31. The molecule has 2 heterocycles. The zero-order valence-electron chi connectivity index (χ0n) is 14.0. The molecular formula is C20H14N3O4-. The lowest BCUT2D eigenvalue weighted by atomic mass is 10.0. The van der Waals surface area contributed by atoms with E-state index in [1.807, 2.05) is 54.6 Å². The summed E-state index contributed by atoms with van der Waals surface area (Å²) in [5, 5.41) is 21.7. The van der Waals surface area contributed by atoms with E-state index in [0.717, 1.165) is 27.7 Å². The second-order valence-electron chi connectivity index (χ2n) is 6.06. The van der Waals surface area contributed by atoms with Crippen molar-refractivity contribution in [1.29, 1.82) is 0 Å². The SMILES string of the molecule is O=C(O)c1nc(Cc2c(-c3ccccc3)[nH]c3ccccc23)[nH]c(=O)c1[O-]. The Morgan fingerprint density at radius 1 is 1.04 bits per heavy atom. The van der Waals surface area contributed by atoms with Crippen molar-refractivity contribution in [3.05, 3.63) is 82.0 Å². The smallest absolute Gasteiger partial charge is 0.354 e. The number of nitrogens with zero attached hydrogens (tertiary/aromatic N) is 1. The second kappa shape index (κ2) is 6.45. The van der Waals surface area contributed by atoms with Gasteiger partial charge < -0.3 is 20.2 Å². The monoisotopic (exact) mass is 360 g/mol. The summed E-state index contributed by atoms with van der Waals surface area (Å²) in [5.74, 6) is -2.54. The molecule has 0 aliphatic rings. The van der Waals surface area contributed by atoms with E-state index in [0.29, 0.717) is 0 Å². The fourth-order valence-electron chi connectivity index (χ4n) is 3.14. The first-order valence-corrected chi connectivity index (χ1v) is 8.23. The molecule has 0 spiro atoms. The number of nitrogens with one attached hydrogen (secondary N) is 2. The first-order chi connectivity index (χ1) is 13.0. The molecule has 7 nitrogen and oxygen atoms in total. The fraction of sp³-hybridized carbons (Fsp3) is 0.0500. The normalized spacial score (nSPS) is 11.0. The van der Waals surface area contributed by atoms with Gasteiger partial charge in [-0.15, -0.1) is 0 Å². The van der Waals surface area contributed by atoms with E-state index in [-0.39, 0.29) is 12.2 Å². The van der Waals surface area contributed by atoms with Crippen molar-refractivity contribution < 1.29 is 15.0 Å². The van der Waals surface area contributed by atoms with Crippen LogP contribution in [0.25, 0.3) is 22.2 Å². The van der Waals surface area contributed by atoms with Crippen LogP contribution in [0, 0.1) is 0 Å². The Labute approximate surface area is 153 Å². The number of benzene rings is 2. The average molecular weight is 360 g/mol. The summed E-state index contributed by atoms with van der Waals surface area (Å²) < 4.78 is 0. The van der Waals surface area contributed by atoms with Gasteiger partial charge in [-0.1, -0.05) is 48.5 Å². The minimum atomic E-state index is -1.52.